The van der Waals surface area contributed by atoms with Gasteiger partial charge in [-0.1, -0.05) is 0 Å². The molecule has 0 aromatic carbocycles. The highest BCUT2D eigenvalue weighted by molar-refractivity contribution is 9.10. The summed E-state index contributed by atoms with van der Waals surface area (Å²) in [5.74, 6) is 0. The first-order valence-electron chi connectivity index (χ1n) is 3.81. The fourth-order valence-corrected chi connectivity index (χ4v) is 2.72. The molecule has 0 N–H and O–H groups in total. The predicted octanol–water partition coefficient (Wildman–Crippen LogP) is 3.16. The Hall–Kier alpha value is -0.460. The minimum Gasteiger partial charge on any atom is -0.245 e. The van der Waals surface area contributed by atoms with E-state index in [0.29, 0.717) is 0 Å². The van der Waals surface area contributed by atoms with Crippen LogP contribution in [0.1, 0.15) is 5.69 Å². The average Bonchev–Trinajstić information content (AvgIpc) is 2.56. The molecule has 0 radical (unpaired) electrons. The first-order valence-corrected chi connectivity index (χ1v) is 6.30. The van der Waals surface area contributed by atoms with Crippen LogP contribution in [0.25, 0.3) is 0 Å². The number of aromatic nitrogens is 3. The van der Waals surface area contributed by atoms with E-state index < -0.39 is 0 Å². The molecule has 2 rings (SSSR count). The summed E-state index contributed by atoms with van der Waals surface area (Å²) in [6.45, 7) is 1.98. The Morgan fingerprint density at radius 2 is 2.21 bits per heavy atom. The molecular weight excluding hydrogens is 282 g/mol. The number of hydrogen-bond donors (Lipinski definition) is 0. The third kappa shape index (κ3) is 2.52. The lowest BCUT2D eigenvalue weighted by Crippen LogP contribution is -1.82. The van der Waals surface area contributed by atoms with Crippen molar-refractivity contribution in [3.8, 4) is 0 Å². The fraction of sp³-hybridized carbons (Fsp3) is 0.125. The third-order valence-electron chi connectivity index (χ3n) is 1.39. The molecule has 0 bridgehead atoms. The van der Waals surface area contributed by atoms with Crippen LogP contribution in [-0.2, 0) is 0 Å². The van der Waals surface area contributed by atoms with Gasteiger partial charge in [0.1, 0.15) is 9.63 Å². The zero-order valence-corrected chi connectivity index (χ0v) is 10.5. The molecule has 0 unspecified atom stereocenters. The van der Waals surface area contributed by atoms with E-state index in [4.69, 9.17) is 0 Å². The zero-order chi connectivity index (χ0) is 9.97. The predicted molar refractivity (Wildman–Crippen MR) is 60.7 cm³/mol. The van der Waals surface area contributed by atoms with Gasteiger partial charge < -0.3 is 0 Å². The molecular formula is C8H6BrN3S2. The number of aryl methyl sites for hydroxylation is 1. The number of nitrogens with zero attached hydrogens (tertiary/aromatic N) is 3. The monoisotopic (exact) mass is 287 g/mol. The van der Waals surface area contributed by atoms with Crippen molar-refractivity contribution in [1.82, 2.24) is 15.0 Å². The number of halogens is 1. The largest absolute Gasteiger partial charge is 0.245 e. The van der Waals surface area contributed by atoms with Gasteiger partial charge in [-0.3, -0.25) is 0 Å². The summed E-state index contributed by atoms with van der Waals surface area (Å²) in [5, 5.41) is 2.89. The Kier molecular flexibility index (Phi) is 3.15. The van der Waals surface area contributed by atoms with Crippen LogP contribution in [0.5, 0.6) is 0 Å². The van der Waals surface area contributed by atoms with Crippen LogP contribution >= 0.6 is 39.0 Å². The molecule has 0 saturated heterocycles. The van der Waals surface area contributed by atoms with Crippen LogP contribution in [0, 0.1) is 6.92 Å². The van der Waals surface area contributed by atoms with Crippen LogP contribution in [0.3, 0.4) is 0 Å². The van der Waals surface area contributed by atoms with Gasteiger partial charge >= 0.3 is 0 Å². The van der Waals surface area contributed by atoms with Crippen molar-refractivity contribution in [3.05, 3.63) is 28.1 Å². The van der Waals surface area contributed by atoms with Gasteiger partial charge in [-0.05, 0) is 34.6 Å². The van der Waals surface area contributed by atoms with E-state index in [2.05, 4.69) is 30.9 Å². The van der Waals surface area contributed by atoms with Crippen LogP contribution < -0.4 is 0 Å². The van der Waals surface area contributed by atoms with Crippen LogP contribution in [-0.4, -0.2) is 15.0 Å². The molecule has 6 heteroatoms. The molecule has 0 fully saturated rings. The highest BCUT2D eigenvalue weighted by Gasteiger charge is 2.02. The second kappa shape index (κ2) is 4.37. The molecule has 2 aromatic heterocycles. The normalized spacial score (nSPS) is 10.4. The van der Waals surface area contributed by atoms with E-state index in [9.17, 15) is 0 Å². The minimum atomic E-state index is 0.747. The van der Waals surface area contributed by atoms with Gasteiger partial charge in [-0.25, -0.2) is 15.0 Å². The van der Waals surface area contributed by atoms with E-state index in [0.717, 1.165) is 19.7 Å². The lowest BCUT2D eigenvalue weighted by molar-refractivity contribution is 1.03. The van der Waals surface area contributed by atoms with E-state index >= 15 is 0 Å². The summed E-state index contributed by atoms with van der Waals surface area (Å²) in [6.07, 6.45) is 3.41. The molecule has 14 heavy (non-hydrogen) atoms. The van der Waals surface area contributed by atoms with Crippen LogP contribution in [0.15, 0.2) is 31.7 Å². The fourth-order valence-electron chi connectivity index (χ4n) is 0.822. The average molecular weight is 288 g/mol. The van der Waals surface area contributed by atoms with E-state index in [1.807, 2.05) is 12.3 Å². The van der Waals surface area contributed by atoms with Gasteiger partial charge in [0.15, 0.2) is 4.34 Å². The summed E-state index contributed by atoms with van der Waals surface area (Å²) in [5.41, 5.74) is 1.04. The van der Waals surface area contributed by atoms with E-state index in [1.165, 1.54) is 11.8 Å². The summed E-state index contributed by atoms with van der Waals surface area (Å²) in [6, 6.07) is 0. The summed E-state index contributed by atoms with van der Waals surface area (Å²) < 4.78 is 1.75. The molecule has 72 valence electrons. The molecule has 0 aliphatic carbocycles. The standard InChI is InChI=1S/C8H6BrN3S2/c1-5-4-13-8(12-5)14-7-3-10-6(9)2-11-7/h2-4H,1H3. The maximum absolute atomic E-state index is 4.33. The van der Waals surface area contributed by atoms with Gasteiger partial charge in [0.05, 0.1) is 12.4 Å². The summed E-state index contributed by atoms with van der Waals surface area (Å²) >= 11 is 6.39. The highest BCUT2D eigenvalue weighted by atomic mass is 79.9. The second-order valence-electron chi connectivity index (χ2n) is 2.53. The topological polar surface area (TPSA) is 38.7 Å². The Bertz CT molecular complexity index is 426. The van der Waals surface area contributed by atoms with Crippen molar-refractivity contribution in [2.24, 2.45) is 0 Å². The van der Waals surface area contributed by atoms with Crippen molar-refractivity contribution in [2.45, 2.75) is 16.3 Å². The molecule has 0 aliphatic rings. The van der Waals surface area contributed by atoms with E-state index in [1.54, 1.807) is 23.7 Å². The van der Waals surface area contributed by atoms with Gasteiger partial charge in [0.25, 0.3) is 0 Å². The SMILES string of the molecule is Cc1csc(Sc2cnc(Br)cn2)n1. The summed E-state index contributed by atoms with van der Waals surface area (Å²) in [4.78, 5) is 12.6. The second-order valence-corrected chi connectivity index (χ2v) is 5.47. The van der Waals surface area contributed by atoms with Crippen molar-refractivity contribution >= 4 is 39.0 Å². The smallest absolute Gasteiger partial charge is 0.156 e. The molecule has 0 saturated carbocycles. The third-order valence-corrected chi connectivity index (χ3v) is 3.77. The first kappa shape index (κ1) is 10.1. The zero-order valence-electron chi connectivity index (χ0n) is 7.27. The molecule has 0 amide bonds. The van der Waals surface area contributed by atoms with Crippen molar-refractivity contribution in [3.63, 3.8) is 0 Å². The van der Waals surface area contributed by atoms with Crippen molar-refractivity contribution in [1.29, 1.82) is 0 Å². The van der Waals surface area contributed by atoms with Crippen LogP contribution in [0.4, 0.5) is 0 Å². The first-order chi connectivity index (χ1) is 6.74. The molecule has 2 heterocycles. The Morgan fingerprint density at radius 3 is 2.79 bits per heavy atom. The highest BCUT2D eigenvalue weighted by Crippen LogP contribution is 2.28. The molecule has 0 spiro atoms. The molecule has 2 aromatic rings. The molecule has 0 aliphatic heterocycles. The van der Waals surface area contributed by atoms with Gasteiger partial charge in [-0.2, -0.15) is 0 Å². The van der Waals surface area contributed by atoms with Gasteiger partial charge in [-0.15, -0.1) is 11.3 Å². The maximum atomic E-state index is 4.33. The molecule has 0 atom stereocenters. The number of rotatable bonds is 2. The molecule has 3 nitrogen and oxygen atoms in total. The lowest BCUT2D eigenvalue weighted by atomic mass is 10.6. The Balaban J connectivity index is 2.15. The van der Waals surface area contributed by atoms with Crippen LogP contribution in [0.2, 0.25) is 0 Å². The number of thiazole rings is 1. The van der Waals surface area contributed by atoms with Gasteiger partial charge in [0, 0.05) is 11.1 Å². The van der Waals surface area contributed by atoms with Crippen molar-refractivity contribution < 1.29 is 0 Å². The van der Waals surface area contributed by atoms with Gasteiger partial charge in [0.2, 0.25) is 0 Å². The van der Waals surface area contributed by atoms with Crippen molar-refractivity contribution in [2.75, 3.05) is 0 Å². The Labute approximate surface area is 98.1 Å². The quantitative estimate of drug-likeness (QED) is 0.851. The Morgan fingerprint density at radius 1 is 1.36 bits per heavy atom. The van der Waals surface area contributed by atoms with E-state index in [-0.39, 0.29) is 0 Å². The summed E-state index contributed by atoms with van der Waals surface area (Å²) in [7, 11) is 0. The minimum absolute atomic E-state index is 0.747. The maximum Gasteiger partial charge on any atom is 0.156 e. The number of hydrogen-bond acceptors (Lipinski definition) is 5. The lowest BCUT2D eigenvalue weighted by Gasteiger charge is -1.95.